The molecule has 4 fully saturated rings. The highest BCUT2D eigenvalue weighted by atomic mass is 16.7. The van der Waals surface area contributed by atoms with Crippen molar-refractivity contribution in [2.45, 2.75) is 116 Å². The molecule has 13 nitrogen and oxygen atoms in total. The molecule has 0 unspecified atom stereocenters. The lowest BCUT2D eigenvalue weighted by molar-refractivity contribution is -0.294. The van der Waals surface area contributed by atoms with Crippen LogP contribution >= 0.6 is 0 Å². The topological polar surface area (TPSA) is 192 Å². The number of carbonyl (C=O) groups excluding carboxylic acids is 4. The van der Waals surface area contributed by atoms with Gasteiger partial charge in [-0.05, 0) is 43.1 Å². The van der Waals surface area contributed by atoms with E-state index in [9.17, 15) is 34.5 Å². The van der Waals surface area contributed by atoms with Gasteiger partial charge in [0.1, 0.15) is 30.0 Å². The zero-order valence-electron chi connectivity index (χ0n) is 29.2. The van der Waals surface area contributed by atoms with Crippen molar-refractivity contribution in [1.29, 1.82) is 0 Å². The lowest BCUT2D eigenvalue weighted by Gasteiger charge is -2.69. The van der Waals surface area contributed by atoms with Gasteiger partial charge in [0, 0.05) is 34.3 Å². The summed E-state index contributed by atoms with van der Waals surface area (Å²) >= 11 is 0. The number of allylic oxidation sites excluding steroid dienone is 1. The largest absolute Gasteiger partial charge is 0.472 e. The van der Waals surface area contributed by atoms with Crippen LogP contribution < -0.4 is 0 Å². The summed E-state index contributed by atoms with van der Waals surface area (Å²) in [5.74, 6) is -5.88. The third-order valence-corrected chi connectivity index (χ3v) is 12.4. The van der Waals surface area contributed by atoms with Gasteiger partial charge in [0.15, 0.2) is 12.2 Å². The summed E-state index contributed by atoms with van der Waals surface area (Å²) in [5.41, 5.74) is -5.89. The number of aliphatic hydroxyl groups is 3. The highest BCUT2D eigenvalue weighted by Gasteiger charge is 2.89. The first-order valence-electron chi connectivity index (χ1n) is 17.0. The van der Waals surface area contributed by atoms with Crippen molar-refractivity contribution in [3.05, 3.63) is 36.3 Å². The van der Waals surface area contributed by atoms with E-state index in [4.69, 9.17) is 28.1 Å². The van der Waals surface area contributed by atoms with Crippen LogP contribution in [0.25, 0.3) is 0 Å². The molecule has 49 heavy (non-hydrogen) atoms. The van der Waals surface area contributed by atoms with Crippen LogP contribution in [0.3, 0.4) is 0 Å². The van der Waals surface area contributed by atoms with Crippen LogP contribution in [0.15, 0.2) is 35.2 Å². The molecule has 3 N–H and O–H groups in total. The molecular weight excluding hydrogens is 640 g/mol. The molecule has 3 aliphatic heterocycles. The fourth-order valence-electron chi connectivity index (χ4n) is 10.2. The Balaban J connectivity index is 1.51. The smallest absolute Gasteiger partial charge is 0.348 e. The normalized spacial score (nSPS) is 43.8. The highest BCUT2D eigenvalue weighted by molar-refractivity contribution is 5.84. The molecule has 13 heteroatoms. The maximum Gasteiger partial charge on any atom is 0.348 e. The van der Waals surface area contributed by atoms with Crippen molar-refractivity contribution >= 4 is 23.9 Å². The minimum Gasteiger partial charge on any atom is -0.472 e. The Kier molecular flexibility index (Phi) is 8.45. The van der Waals surface area contributed by atoms with E-state index in [0.29, 0.717) is 18.4 Å². The van der Waals surface area contributed by atoms with E-state index in [0.717, 1.165) is 0 Å². The van der Waals surface area contributed by atoms with Crippen LogP contribution in [0.1, 0.15) is 79.9 Å². The number of carbonyl (C=O) groups is 4. The summed E-state index contributed by atoms with van der Waals surface area (Å²) in [5, 5.41) is 34.8. The number of rotatable bonds is 7. The van der Waals surface area contributed by atoms with Gasteiger partial charge in [-0.1, -0.05) is 54.5 Å². The van der Waals surface area contributed by atoms with Gasteiger partial charge in [-0.2, -0.15) is 0 Å². The van der Waals surface area contributed by atoms with Gasteiger partial charge in [0.05, 0.1) is 18.6 Å². The maximum absolute atomic E-state index is 14.2. The number of aliphatic hydroxyl groups excluding tert-OH is 2. The summed E-state index contributed by atoms with van der Waals surface area (Å²) in [4.78, 5) is 53.4. The maximum atomic E-state index is 14.2. The summed E-state index contributed by atoms with van der Waals surface area (Å²) < 4.78 is 35.1. The van der Waals surface area contributed by atoms with Crippen molar-refractivity contribution in [3.63, 3.8) is 0 Å². The van der Waals surface area contributed by atoms with Crippen LogP contribution in [0.4, 0.5) is 0 Å². The third-order valence-electron chi connectivity index (χ3n) is 12.4. The molecule has 2 saturated heterocycles. The van der Waals surface area contributed by atoms with Gasteiger partial charge in [0.25, 0.3) is 0 Å². The molecule has 6 rings (SSSR count). The van der Waals surface area contributed by atoms with Crippen LogP contribution in [-0.2, 0) is 42.9 Å². The molecule has 2 saturated carbocycles. The van der Waals surface area contributed by atoms with Crippen molar-refractivity contribution in [2.24, 2.45) is 39.9 Å². The molecule has 1 spiro atoms. The summed E-state index contributed by atoms with van der Waals surface area (Å²) in [6.45, 7) is 13.2. The Morgan fingerprint density at radius 1 is 1.02 bits per heavy atom. The molecular formula is C36H48O13. The number of hydrogen-bond donors (Lipinski definition) is 3. The zero-order chi connectivity index (χ0) is 36.1. The molecule has 4 heterocycles. The Morgan fingerprint density at radius 3 is 2.33 bits per heavy atom. The second kappa shape index (κ2) is 11.6. The lowest BCUT2D eigenvalue weighted by atomic mass is 9.36. The molecule has 2 aliphatic carbocycles. The van der Waals surface area contributed by atoms with Crippen molar-refractivity contribution in [3.8, 4) is 0 Å². The number of epoxide rings is 1. The van der Waals surface area contributed by atoms with Crippen LogP contribution in [0.5, 0.6) is 0 Å². The van der Waals surface area contributed by atoms with Gasteiger partial charge in [-0.3, -0.25) is 0 Å². The third kappa shape index (κ3) is 4.93. The molecule has 1 aromatic heterocycles. The van der Waals surface area contributed by atoms with E-state index in [1.165, 1.54) is 25.5 Å². The monoisotopic (exact) mass is 688 g/mol. The zero-order valence-corrected chi connectivity index (χ0v) is 29.2. The van der Waals surface area contributed by atoms with Crippen molar-refractivity contribution < 1.29 is 62.6 Å². The Bertz CT molecular complexity index is 1530. The standard InChI is InChI=1S/C36H48O13/c1-17(2)22(38)29(40)46-24(18(3)4)30(41)48-27-23(39)25-32(5,12-10-21(37)45-16-34(25,7)43)20-9-13-33(6)26(19-11-14-44-15-19)47-31(42)28-36(33,49-28)35(20,27)8/h10-12,14-15,17-18,20,22-28,38-39,43H,9,13,16H2,1-8H3/t20-,22-,23-,24+,25-,26+,27-,28-,32-,33+,34-,35+,36-/m1/s1. The molecule has 13 atom stereocenters. The second-order valence-electron chi connectivity index (χ2n) is 16.2. The quantitative estimate of drug-likeness (QED) is 0.216. The number of cyclic esters (lactones) is 2. The number of furan rings is 1. The Labute approximate surface area is 285 Å². The molecule has 0 amide bonds. The van der Waals surface area contributed by atoms with Crippen LogP contribution in [0.2, 0.25) is 0 Å². The van der Waals surface area contributed by atoms with Gasteiger partial charge >= 0.3 is 23.9 Å². The average Bonchev–Trinajstić information content (AvgIpc) is 3.60. The summed E-state index contributed by atoms with van der Waals surface area (Å²) in [6.07, 6.45) is -1.00. The number of hydrogen-bond acceptors (Lipinski definition) is 13. The number of ether oxygens (including phenoxy) is 5. The van der Waals surface area contributed by atoms with Crippen molar-refractivity contribution in [2.75, 3.05) is 6.61 Å². The molecule has 5 aliphatic rings. The van der Waals surface area contributed by atoms with E-state index >= 15 is 0 Å². The SMILES string of the molecule is CC(C)[C@H](OC(=O)[C@H](O)C(C)C)C(=O)O[C@@H]1[C@H](O)[C@@H]2[C@](C)(C=CC(=O)OC[C@@]2(C)O)[C@H]2CC[C@@]3(C)[C@H](c4ccoc4)OC(=O)[C@H]4O[C@]43[C@]12C. The average molecular weight is 689 g/mol. The fraction of sp³-hybridized carbons (Fsp3) is 0.722. The minimum absolute atomic E-state index is 0.434. The first kappa shape index (κ1) is 35.6. The van der Waals surface area contributed by atoms with E-state index in [1.54, 1.807) is 39.8 Å². The fourth-order valence-corrected chi connectivity index (χ4v) is 10.2. The lowest BCUT2D eigenvalue weighted by Crippen LogP contribution is -2.77. The summed E-state index contributed by atoms with van der Waals surface area (Å²) in [6, 6.07) is 1.71. The summed E-state index contributed by atoms with van der Waals surface area (Å²) in [7, 11) is 0. The first-order valence-corrected chi connectivity index (χ1v) is 17.0. The Morgan fingerprint density at radius 2 is 1.71 bits per heavy atom. The Hall–Kier alpha value is -3.26. The highest BCUT2D eigenvalue weighted by Crippen LogP contribution is 2.79. The van der Waals surface area contributed by atoms with E-state index < -0.39 is 118 Å². The minimum atomic E-state index is -1.79. The van der Waals surface area contributed by atoms with E-state index in [-0.39, 0.29) is 0 Å². The van der Waals surface area contributed by atoms with E-state index in [1.807, 2.05) is 20.8 Å². The molecule has 0 radical (unpaired) electrons. The van der Waals surface area contributed by atoms with Gasteiger partial charge in [-0.25, -0.2) is 19.2 Å². The van der Waals surface area contributed by atoms with E-state index in [2.05, 4.69) is 0 Å². The van der Waals surface area contributed by atoms with Crippen molar-refractivity contribution in [1.82, 2.24) is 0 Å². The molecule has 1 aromatic rings. The number of esters is 4. The molecule has 270 valence electrons. The second-order valence-corrected chi connectivity index (χ2v) is 16.2. The number of fused-ring (bicyclic) bond motifs is 3. The van der Waals surface area contributed by atoms with Gasteiger partial charge in [0.2, 0.25) is 6.10 Å². The molecule has 0 aromatic carbocycles. The first-order chi connectivity index (χ1) is 22.8. The predicted octanol–water partition coefficient (Wildman–Crippen LogP) is 2.80. The predicted molar refractivity (Wildman–Crippen MR) is 168 cm³/mol. The molecule has 0 bridgehead atoms. The van der Waals surface area contributed by atoms with Crippen LogP contribution in [0, 0.1) is 39.9 Å². The van der Waals surface area contributed by atoms with Crippen LogP contribution in [-0.4, -0.2) is 87.5 Å². The van der Waals surface area contributed by atoms with Gasteiger partial charge < -0.3 is 43.4 Å². The van der Waals surface area contributed by atoms with Gasteiger partial charge in [-0.15, -0.1) is 0 Å².